The maximum Gasteiger partial charge on any atom is 0.163 e. The second-order valence-corrected chi connectivity index (χ2v) is 4.50. The van der Waals surface area contributed by atoms with E-state index in [1.54, 1.807) is 13.0 Å². The first-order chi connectivity index (χ1) is 7.65. The molecule has 0 spiro atoms. The average molecular weight is 221 g/mol. The summed E-state index contributed by atoms with van der Waals surface area (Å²) in [6, 6.07) is 4.53. The van der Waals surface area contributed by atoms with Gasteiger partial charge in [-0.15, -0.1) is 0 Å². The third-order valence-electron chi connectivity index (χ3n) is 3.00. The molecule has 1 atom stereocenters. The Balaban J connectivity index is 2.07. The lowest BCUT2D eigenvalue weighted by Crippen LogP contribution is -2.13. The molecule has 1 unspecified atom stereocenters. The van der Waals surface area contributed by atoms with Crippen LogP contribution < -0.4 is 5.32 Å². The molecule has 1 aromatic carbocycles. The first-order valence-electron chi connectivity index (χ1n) is 5.66. The van der Waals surface area contributed by atoms with E-state index in [4.69, 9.17) is 0 Å². The van der Waals surface area contributed by atoms with Crippen LogP contribution in [0.4, 0.5) is 4.39 Å². The Morgan fingerprint density at radius 1 is 1.50 bits per heavy atom. The van der Waals surface area contributed by atoms with E-state index in [0.29, 0.717) is 17.9 Å². The predicted molar refractivity (Wildman–Crippen MR) is 61.1 cm³/mol. The van der Waals surface area contributed by atoms with Gasteiger partial charge in [-0.25, -0.2) is 4.39 Å². The van der Waals surface area contributed by atoms with Gasteiger partial charge in [-0.2, -0.15) is 0 Å². The zero-order valence-electron chi connectivity index (χ0n) is 9.42. The molecule has 1 aliphatic rings. The predicted octanol–water partition coefficient (Wildman–Crippen LogP) is 2.32. The maximum atomic E-state index is 13.1. The number of benzene rings is 1. The topological polar surface area (TPSA) is 29.1 Å². The van der Waals surface area contributed by atoms with Crippen LogP contribution >= 0.6 is 0 Å². The Morgan fingerprint density at radius 2 is 2.31 bits per heavy atom. The van der Waals surface area contributed by atoms with E-state index >= 15 is 0 Å². The van der Waals surface area contributed by atoms with Crippen molar-refractivity contribution in [2.24, 2.45) is 5.92 Å². The van der Waals surface area contributed by atoms with Gasteiger partial charge < -0.3 is 5.32 Å². The number of hydrogen-bond acceptors (Lipinski definition) is 2. The molecular weight excluding hydrogens is 205 g/mol. The number of halogens is 1. The fourth-order valence-electron chi connectivity index (χ4n) is 2.17. The molecule has 0 saturated carbocycles. The van der Waals surface area contributed by atoms with Crippen molar-refractivity contribution in [3.63, 3.8) is 0 Å². The van der Waals surface area contributed by atoms with Gasteiger partial charge in [0.2, 0.25) is 0 Å². The van der Waals surface area contributed by atoms with Crippen LogP contribution in [-0.2, 0) is 0 Å². The SMILES string of the molecule is Cc1cc(F)cc(C(=O)CC2CCNC2)c1. The van der Waals surface area contributed by atoms with Gasteiger partial charge in [0, 0.05) is 12.0 Å². The van der Waals surface area contributed by atoms with Crippen LogP contribution in [0, 0.1) is 18.7 Å². The smallest absolute Gasteiger partial charge is 0.163 e. The Bertz CT molecular complexity index is 377. The highest BCUT2D eigenvalue weighted by Gasteiger charge is 2.19. The molecule has 1 aromatic rings. The minimum Gasteiger partial charge on any atom is -0.316 e. The summed E-state index contributed by atoms with van der Waals surface area (Å²) in [6.45, 7) is 3.69. The summed E-state index contributed by atoms with van der Waals surface area (Å²) in [5.41, 5.74) is 1.30. The molecule has 1 heterocycles. The van der Waals surface area contributed by atoms with Gasteiger partial charge in [-0.05, 0) is 56.1 Å². The zero-order chi connectivity index (χ0) is 11.5. The van der Waals surface area contributed by atoms with Crippen LogP contribution in [0.2, 0.25) is 0 Å². The molecular formula is C13H16FNO. The Morgan fingerprint density at radius 3 is 2.94 bits per heavy atom. The number of hydrogen-bond donors (Lipinski definition) is 1. The van der Waals surface area contributed by atoms with Crippen molar-refractivity contribution >= 4 is 5.78 Å². The molecule has 0 aromatic heterocycles. The summed E-state index contributed by atoms with van der Waals surface area (Å²) in [4.78, 5) is 11.9. The molecule has 86 valence electrons. The Kier molecular flexibility index (Phi) is 3.34. The molecule has 0 aliphatic carbocycles. The highest BCUT2D eigenvalue weighted by Crippen LogP contribution is 2.17. The van der Waals surface area contributed by atoms with Crippen LogP contribution in [0.5, 0.6) is 0 Å². The zero-order valence-corrected chi connectivity index (χ0v) is 9.42. The van der Waals surface area contributed by atoms with Crippen molar-refractivity contribution in [1.82, 2.24) is 5.32 Å². The van der Waals surface area contributed by atoms with Gasteiger partial charge in [-0.1, -0.05) is 0 Å². The number of aryl methyl sites for hydroxylation is 1. The number of rotatable bonds is 3. The number of ketones is 1. The van der Waals surface area contributed by atoms with Gasteiger partial charge in [-0.3, -0.25) is 4.79 Å². The van der Waals surface area contributed by atoms with Crippen LogP contribution in [0.15, 0.2) is 18.2 Å². The monoisotopic (exact) mass is 221 g/mol. The summed E-state index contributed by atoms with van der Waals surface area (Å²) in [5, 5.41) is 3.23. The molecule has 1 saturated heterocycles. The molecule has 0 radical (unpaired) electrons. The molecule has 1 aliphatic heterocycles. The van der Waals surface area contributed by atoms with Crippen molar-refractivity contribution < 1.29 is 9.18 Å². The quantitative estimate of drug-likeness (QED) is 0.794. The third-order valence-corrected chi connectivity index (χ3v) is 3.00. The summed E-state index contributed by atoms with van der Waals surface area (Å²) >= 11 is 0. The van der Waals surface area contributed by atoms with Crippen molar-refractivity contribution in [3.05, 3.63) is 35.1 Å². The van der Waals surface area contributed by atoms with Crippen molar-refractivity contribution in [2.75, 3.05) is 13.1 Å². The van der Waals surface area contributed by atoms with E-state index in [1.807, 2.05) is 0 Å². The van der Waals surface area contributed by atoms with E-state index in [-0.39, 0.29) is 11.6 Å². The van der Waals surface area contributed by atoms with Gasteiger partial charge >= 0.3 is 0 Å². The van der Waals surface area contributed by atoms with Crippen LogP contribution in [-0.4, -0.2) is 18.9 Å². The van der Waals surface area contributed by atoms with E-state index in [1.165, 1.54) is 12.1 Å². The van der Waals surface area contributed by atoms with E-state index < -0.39 is 0 Å². The second-order valence-electron chi connectivity index (χ2n) is 4.50. The third kappa shape index (κ3) is 2.67. The number of Topliss-reactive ketones (excluding diaryl/α,β-unsaturated/α-hetero) is 1. The molecule has 1 fully saturated rings. The first kappa shape index (κ1) is 11.3. The van der Waals surface area contributed by atoms with Crippen LogP contribution in [0.3, 0.4) is 0 Å². The average Bonchev–Trinajstić information content (AvgIpc) is 2.68. The second kappa shape index (κ2) is 4.74. The van der Waals surface area contributed by atoms with E-state index in [9.17, 15) is 9.18 Å². The van der Waals surface area contributed by atoms with Crippen molar-refractivity contribution in [1.29, 1.82) is 0 Å². The molecule has 16 heavy (non-hydrogen) atoms. The van der Waals surface area contributed by atoms with E-state index in [2.05, 4.69) is 5.32 Å². The number of nitrogens with one attached hydrogen (secondary N) is 1. The minimum atomic E-state index is -0.326. The van der Waals surface area contributed by atoms with E-state index in [0.717, 1.165) is 25.1 Å². The number of carbonyl (C=O) groups excluding carboxylic acids is 1. The fourth-order valence-corrected chi connectivity index (χ4v) is 2.17. The van der Waals surface area contributed by atoms with Gasteiger partial charge in [0.25, 0.3) is 0 Å². The fraction of sp³-hybridized carbons (Fsp3) is 0.462. The Hall–Kier alpha value is -1.22. The molecule has 1 N–H and O–H groups in total. The normalized spacial score (nSPS) is 20.0. The van der Waals surface area contributed by atoms with Gasteiger partial charge in [0.05, 0.1) is 0 Å². The van der Waals surface area contributed by atoms with Crippen LogP contribution in [0.25, 0.3) is 0 Å². The molecule has 0 bridgehead atoms. The molecule has 0 amide bonds. The standard InChI is InChI=1S/C13H16FNO/c1-9-4-11(7-12(14)5-9)13(16)6-10-2-3-15-8-10/h4-5,7,10,15H,2-3,6,8H2,1H3. The highest BCUT2D eigenvalue weighted by molar-refractivity contribution is 5.96. The molecule has 3 heteroatoms. The lowest BCUT2D eigenvalue weighted by molar-refractivity contribution is 0.0964. The summed E-state index contributed by atoms with van der Waals surface area (Å²) < 4.78 is 13.1. The van der Waals surface area contributed by atoms with Crippen molar-refractivity contribution in [3.8, 4) is 0 Å². The minimum absolute atomic E-state index is 0.0521. The lowest BCUT2D eigenvalue weighted by atomic mass is 9.97. The lowest BCUT2D eigenvalue weighted by Gasteiger charge is -2.07. The molecule has 2 nitrogen and oxygen atoms in total. The van der Waals surface area contributed by atoms with Crippen LogP contribution in [0.1, 0.15) is 28.8 Å². The summed E-state index contributed by atoms with van der Waals surface area (Å²) in [5.74, 6) is 0.139. The largest absolute Gasteiger partial charge is 0.316 e. The first-order valence-corrected chi connectivity index (χ1v) is 5.66. The highest BCUT2D eigenvalue weighted by atomic mass is 19.1. The van der Waals surface area contributed by atoms with Gasteiger partial charge in [0.15, 0.2) is 5.78 Å². The Labute approximate surface area is 94.9 Å². The summed E-state index contributed by atoms with van der Waals surface area (Å²) in [7, 11) is 0. The van der Waals surface area contributed by atoms with Gasteiger partial charge in [0.1, 0.15) is 5.82 Å². The summed E-state index contributed by atoms with van der Waals surface area (Å²) in [6.07, 6.45) is 1.57. The van der Waals surface area contributed by atoms with Crippen molar-refractivity contribution in [2.45, 2.75) is 19.8 Å². The number of carbonyl (C=O) groups is 1. The maximum absolute atomic E-state index is 13.1. The molecule has 2 rings (SSSR count).